The zero-order chi connectivity index (χ0) is 18.6. The van der Waals surface area contributed by atoms with Crippen LogP contribution in [0.1, 0.15) is 24.7 Å². The molecule has 140 valence electrons. The molecule has 0 spiro atoms. The number of hydrogen-bond donors (Lipinski definition) is 1. The number of amides is 1. The monoisotopic (exact) mass is 376 g/mol. The zero-order valence-electron chi connectivity index (χ0n) is 14.8. The first-order chi connectivity index (χ1) is 12.4. The minimum Gasteiger partial charge on any atom is -0.468 e. The first-order valence-corrected chi connectivity index (χ1v) is 10.6. The van der Waals surface area contributed by atoms with E-state index in [0.717, 1.165) is 23.4 Å². The van der Waals surface area contributed by atoms with Crippen LogP contribution in [0.5, 0.6) is 0 Å². The summed E-state index contributed by atoms with van der Waals surface area (Å²) in [5, 5.41) is 2.91. The minimum atomic E-state index is -3.03. The molecule has 1 unspecified atom stereocenters. The maximum atomic E-state index is 12.5. The highest BCUT2D eigenvalue weighted by Crippen LogP contribution is 2.20. The molecule has 1 aliphatic heterocycles. The molecule has 1 fully saturated rings. The van der Waals surface area contributed by atoms with Gasteiger partial charge < -0.3 is 9.73 Å². The minimum absolute atomic E-state index is 0.0896. The number of carbonyl (C=O) groups excluding carboxylic acids is 1. The Morgan fingerprint density at radius 1 is 1.31 bits per heavy atom. The molecule has 26 heavy (non-hydrogen) atoms. The highest BCUT2D eigenvalue weighted by atomic mass is 32.2. The lowest BCUT2D eigenvalue weighted by Crippen LogP contribution is -2.41. The zero-order valence-corrected chi connectivity index (χ0v) is 15.7. The van der Waals surface area contributed by atoms with Gasteiger partial charge in [-0.25, -0.2) is 8.42 Å². The van der Waals surface area contributed by atoms with E-state index in [-0.39, 0.29) is 30.0 Å². The van der Waals surface area contributed by atoms with Crippen molar-refractivity contribution in [1.29, 1.82) is 0 Å². The summed E-state index contributed by atoms with van der Waals surface area (Å²) in [5.41, 5.74) is 1.91. The predicted octanol–water partition coefficient (Wildman–Crippen LogP) is 2.47. The summed E-state index contributed by atoms with van der Waals surface area (Å²) in [5.74, 6) is 0.822. The number of carbonyl (C=O) groups is 1. The van der Waals surface area contributed by atoms with Crippen LogP contribution in [0.3, 0.4) is 0 Å². The lowest BCUT2D eigenvalue weighted by atomic mass is 10.1. The van der Waals surface area contributed by atoms with Crippen molar-refractivity contribution in [3.8, 4) is 0 Å². The molecule has 0 saturated carbocycles. The highest BCUT2D eigenvalue weighted by molar-refractivity contribution is 7.91. The van der Waals surface area contributed by atoms with Crippen LogP contribution in [-0.4, -0.2) is 43.3 Å². The number of rotatable bonds is 7. The summed E-state index contributed by atoms with van der Waals surface area (Å²) in [6, 6.07) is 11.2. The number of hydrogen-bond acceptors (Lipinski definition) is 5. The molecule has 1 aliphatic rings. The molecular formula is C19H24N2O4S. The number of benzene rings is 1. The number of aryl methyl sites for hydroxylation is 1. The van der Waals surface area contributed by atoms with E-state index in [1.54, 1.807) is 12.3 Å². The molecule has 2 heterocycles. The normalized spacial score (nSPS) is 18.9. The van der Waals surface area contributed by atoms with E-state index in [2.05, 4.69) is 12.2 Å². The van der Waals surface area contributed by atoms with Crippen LogP contribution in [0.25, 0.3) is 0 Å². The summed E-state index contributed by atoms with van der Waals surface area (Å²) in [4.78, 5) is 14.4. The second-order valence-corrected chi connectivity index (χ2v) is 8.87. The number of sulfone groups is 1. The number of anilines is 1. The van der Waals surface area contributed by atoms with Crippen molar-refractivity contribution < 1.29 is 17.6 Å². The van der Waals surface area contributed by atoms with Gasteiger partial charge in [0.2, 0.25) is 5.91 Å². The van der Waals surface area contributed by atoms with Gasteiger partial charge in [0.1, 0.15) is 5.76 Å². The molecule has 1 aromatic heterocycles. The van der Waals surface area contributed by atoms with Crippen LogP contribution < -0.4 is 5.32 Å². The molecule has 1 atom stereocenters. The fourth-order valence-electron chi connectivity index (χ4n) is 3.23. The van der Waals surface area contributed by atoms with Gasteiger partial charge in [0.25, 0.3) is 0 Å². The van der Waals surface area contributed by atoms with E-state index in [1.807, 2.05) is 35.2 Å². The van der Waals surface area contributed by atoms with E-state index >= 15 is 0 Å². The molecule has 7 heteroatoms. The molecule has 1 saturated heterocycles. The van der Waals surface area contributed by atoms with E-state index in [9.17, 15) is 13.2 Å². The SMILES string of the molecule is CCc1cccc(NC(=O)CN(Cc2ccco2)C2CCS(=O)(=O)C2)c1. The van der Waals surface area contributed by atoms with E-state index < -0.39 is 9.84 Å². The van der Waals surface area contributed by atoms with Crippen molar-refractivity contribution in [2.75, 3.05) is 23.4 Å². The Morgan fingerprint density at radius 3 is 2.81 bits per heavy atom. The van der Waals surface area contributed by atoms with Crippen LogP contribution in [-0.2, 0) is 27.6 Å². The topological polar surface area (TPSA) is 79.6 Å². The van der Waals surface area contributed by atoms with E-state index in [4.69, 9.17) is 4.42 Å². The Kier molecular flexibility index (Phi) is 5.78. The van der Waals surface area contributed by atoms with Gasteiger partial charge in [0.15, 0.2) is 9.84 Å². The second-order valence-electron chi connectivity index (χ2n) is 6.64. The van der Waals surface area contributed by atoms with Gasteiger partial charge in [-0.3, -0.25) is 9.69 Å². The summed E-state index contributed by atoms with van der Waals surface area (Å²) >= 11 is 0. The molecular weight excluding hydrogens is 352 g/mol. The fourth-order valence-corrected chi connectivity index (χ4v) is 5.00. The maximum absolute atomic E-state index is 12.5. The van der Waals surface area contributed by atoms with E-state index in [0.29, 0.717) is 13.0 Å². The molecule has 0 aliphatic carbocycles. The first-order valence-electron chi connectivity index (χ1n) is 8.81. The van der Waals surface area contributed by atoms with Crippen LogP contribution in [0, 0.1) is 0 Å². The van der Waals surface area contributed by atoms with Gasteiger partial charge in [-0.1, -0.05) is 19.1 Å². The van der Waals surface area contributed by atoms with Crippen molar-refractivity contribution in [2.24, 2.45) is 0 Å². The average molecular weight is 376 g/mol. The number of furan rings is 1. The molecule has 1 N–H and O–H groups in total. The molecule has 3 rings (SSSR count). The van der Waals surface area contributed by atoms with E-state index in [1.165, 1.54) is 0 Å². The molecule has 6 nitrogen and oxygen atoms in total. The standard InChI is InChI=1S/C19H24N2O4S/c1-2-15-5-3-6-16(11-15)20-19(22)13-21(12-18-7-4-9-25-18)17-8-10-26(23,24)14-17/h3-7,9,11,17H,2,8,10,12-14H2,1H3,(H,20,22). The third-order valence-corrected chi connectivity index (χ3v) is 6.38. The quantitative estimate of drug-likeness (QED) is 0.803. The Morgan fingerprint density at radius 2 is 2.15 bits per heavy atom. The first kappa shape index (κ1) is 18.7. The molecule has 0 bridgehead atoms. The van der Waals surface area contributed by atoms with Gasteiger partial charge in [0.05, 0.1) is 30.9 Å². The summed E-state index contributed by atoms with van der Waals surface area (Å²) in [6.45, 7) is 2.60. The maximum Gasteiger partial charge on any atom is 0.238 e. The molecule has 1 amide bonds. The number of nitrogens with zero attached hydrogens (tertiary/aromatic N) is 1. The summed E-state index contributed by atoms with van der Waals surface area (Å²) in [7, 11) is -3.03. The van der Waals surface area contributed by atoms with Crippen molar-refractivity contribution >= 4 is 21.4 Å². The van der Waals surface area contributed by atoms with Crippen LogP contribution in [0.15, 0.2) is 47.1 Å². The lowest BCUT2D eigenvalue weighted by Gasteiger charge is -2.26. The second kappa shape index (κ2) is 8.05. The largest absolute Gasteiger partial charge is 0.468 e. The summed E-state index contributed by atoms with van der Waals surface area (Å²) < 4.78 is 29.1. The Labute approximate surface area is 154 Å². The van der Waals surface area contributed by atoms with Gasteiger partial charge in [-0.05, 0) is 42.7 Å². The summed E-state index contributed by atoms with van der Waals surface area (Å²) in [6.07, 6.45) is 3.02. The molecule has 1 aromatic carbocycles. The van der Waals surface area contributed by atoms with Crippen molar-refractivity contribution in [2.45, 2.75) is 32.4 Å². The predicted molar refractivity (Wildman–Crippen MR) is 101 cm³/mol. The lowest BCUT2D eigenvalue weighted by molar-refractivity contribution is -0.118. The van der Waals surface area contributed by atoms with Crippen LogP contribution in [0.2, 0.25) is 0 Å². The highest BCUT2D eigenvalue weighted by Gasteiger charge is 2.33. The molecule has 2 aromatic rings. The van der Waals surface area contributed by atoms with Crippen LogP contribution in [0.4, 0.5) is 5.69 Å². The Balaban J connectivity index is 1.69. The third-order valence-electron chi connectivity index (χ3n) is 4.63. The average Bonchev–Trinajstić information content (AvgIpc) is 3.23. The Hall–Kier alpha value is -2.12. The van der Waals surface area contributed by atoms with Crippen molar-refractivity contribution in [3.05, 3.63) is 54.0 Å². The Bertz CT molecular complexity index is 846. The third kappa shape index (κ3) is 4.95. The van der Waals surface area contributed by atoms with Gasteiger partial charge in [0, 0.05) is 11.7 Å². The van der Waals surface area contributed by atoms with Crippen LogP contribution >= 0.6 is 0 Å². The molecule has 0 radical (unpaired) electrons. The van der Waals surface area contributed by atoms with Gasteiger partial charge in [-0.15, -0.1) is 0 Å². The fraction of sp³-hybridized carbons (Fsp3) is 0.421. The van der Waals surface area contributed by atoms with Gasteiger partial charge in [-0.2, -0.15) is 0 Å². The van der Waals surface area contributed by atoms with Gasteiger partial charge >= 0.3 is 0 Å². The number of nitrogens with one attached hydrogen (secondary N) is 1. The van der Waals surface area contributed by atoms with Crippen molar-refractivity contribution in [1.82, 2.24) is 4.90 Å². The van der Waals surface area contributed by atoms with Crippen molar-refractivity contribution in [3.63, 3.8) is 0 Å². The smallest absolute Gasteiger partial charge is 0.238 e.